The molecule has 0 radical (unpaired) electrons. The summed E-state index contributed by atoms with van der Waals surface area (Å²) in [7, 11) is -3.19. The van der Waals surface area contributed by atoms with Crippen LogP contribution in [0.1, 0.15) is 6.92 Å². The van der Waals surface area contributed by atoms with Crippen LogP contribution in [0.25, 0.3) is 22.3 Å². The summed E-state index contributed by atoms with van der Waals surface area (Å²) in [6, 6.07) is 6.19. The number of sulfonamides is 1. The number of ether oxygens (including phenoxy) is 1. The highest BCUT2D eigenvalue weighted by Crippen LogP contribution is 2.35. The fraction of sp³-hybridized carbons (Fsp3) is 0.476. The van der Waals surface area contributed by atoms with Gasteiger partial charge in [0.2, 0.25) is 10.0 Å². The lowest BCUT2D eigenvalue weighted by molar-refractivity contribution is 0.0986. The molecular weight excluding hydrogens is 430 g/mol. The molecule has 10 nitrogen and oxygen atoms in total. The number of anilines is 2. The van der Waals surface area contributed by atoms with E-state index in [1.807, 2.05) is 12.1 Å². The summed E-state index contributed by atoms with van der Waals surface area (Å²) in [5.74, 6) is 0.877. The number of hydrogen-bond acceptors (Lipinski definition) is 8. The largest absolute Gasteiger partial charge is 0.377 e. The standard InChI is InChI=1S/C21H27N7O3S/c1-15-14-31-12-11-28(15)19-13-18(26-7-9-27(10-8-26)32(2,29)30)16-3-5-22-21(20(16)24-19)17-4-6-23-25-17/h3-6,13,15H,7-12,14H2,1-2H3,(H,23,25). The lowest BCUT2D eigenvalue weighted by Gasteiger charge is -2.37. The summed E-state index contributed by atoms with van der Waals surface area (Å²) in [6.45, 7) is 6.37. The maximum atomic E-state index is 12.0. The molecule has 0 saturated carbocycles. The number of fused-ring (bicyclic) bond motifs is 1. The highest BCUT2D eigenvalue weighted by atomic mass is 32.2. The first-order chi connectivity index (χ1) is 15.4. The van der Waals surface area contributed by atoms with Gasteiger partial charge in [-0.25, -0.2) is 13.4 Å². The molecule has 1 unspecified atom stereocenters. The molecule has 0 amide bonds. The van der Waals surface area contributed by atoms with Crippen LogP contribution in [0, 0.1) is 0 Å². The van der Waals surface area contributed by atoms with Crippen LogP contribution in [0.2, 0.25) is 0 Å². The molecule has 32 heavy (non-hydrogen) atoms. The average Bonchev–Trinajstić information content (AvgIpc) is 3.32. The Morgan fingerprint density at radius 3 is 2.62 bits per heavy atom. The second-order valence-electron chi connectivity index (χ2n) is 8.29. The summed E-state index contributed by atoms with van der Waals surface area (Å²) in [6.07, 6.45) is 4.76. The Hall–Kier alpha value is -2.76. The first-order valence-electron chi connectivity index (χ1n) is 10.8. The van der Waals surface area contributed by atoms with Crippen molar-refractivity contribution in [3.63, 3.8) is 0 Å². The Kier molecular flexibility index (Phi) is 5.48. The summed E-state index contributed by atoms with van der Waals surface area (Å²) in [5.41, 5.74) is 3.40. The molecule has 3 aromatic rings. The fourth-order valence-electron chi connectivity index (χ4n) is 4.44. The molecule has 1 N–H and O–H groups in total. The molecule has 2 aliphatic rings. The molecule has 170 valence electrons. The first kappa shape index (κ1) is 21.1. The van der Waals surface area contributed by atoms with Crippen LogP contribution in [0.4, 0.5) is 11.5 Å². The number of nitrogens with one attached hydrogen (secondary N) is 1. The molecule has 5 heterocycles. The van der Waals surface area contributed by atoms with Crippen molar-refractivity contribution < 1.29 is 13.2 Å². The zero-order valence-corrected chi connectivity index (χ0v) is 19.0. The number of morpholine rings is 1. The van der Waals surface area contributed by atoms with Crippen molar-refractivity contribution in [1.82, 2.24) is 24.5 Å². The van der Waals surface area contributed by atoms with Crippen molar-refractivity contribution in [3.05, 3.63) is 30.6 Å². The average molecular weight is 458 g/mol. The van der Waals surface area contributed by atoms with Crippen LogP contribution in [-0.2, 0) is 14.8 Å². The van der Waals surface area contributed by atoms with Gasteiger partial charge in [-0.1, -0.05) is 0 Å². The maximum Gasteiger partial charge on any atom is 0.211 e. The van der Waals surface area contributed by atoms with Crippen LogP contribution in [0.3, 0.4) is 0 Å². The van der Waals surface area contributed by atoms with E-state index in [1.165, 1.54) is 10.6 Å². The third-order valence-corrected chi connectivity index (χ3v) is 7.46. The molecule has 0 bridgehead atoms. The van der Waals surface area contributed by atoms with Crippen LogP contribution < -0.4 is 9.80 Å². The van der Waals surface area contributed by atoms with Crippen LogP contribution in [-0.4, -0.2) is 91.1 Å². The Labute approximate surface area is 187 Å². The highest BCUT2D eigenvalue weighted by Gasteiger charge is 2.27. The van der Waals surface area contributed by atoms with Crippen molar-refractivity contribution in [1.29, 1.82) is 0 Å². The minimum atomic E-state index is -3.19. The Morgan fingerprint density at radius 2 is 1.94 bits per heavy atom. The van der Waals surface area contributed by atoms with Gasteiger partial charge in [0, 0.05) is 56.6 Å². The third kappa shape index (κ3) is 3.91. The van der Waals surface area contributed by atoms with Crippen molar-refractivity contribution in [2.75, 3.05) is 62.0 Å². The van der Waals surface area contributed by atoms with E-state index in [2.05, 4.69) is 38.0 Å². The van der Waals surface area contributed by atoms with Gasteiger partial charge in [0.1, 0.15) is 17.0 Å². The monoisotopic (exact) mass is 457 g/mol. The second kappa shape index (κ2) is 8.30. The van der Waals surface area contributed by atoms with Gasteiger partial charge in [0.25, 0.3) is 0 Å². The van der Waals surface area contributed by atoms with E-state index in [0.717, 1.165) is 40.3 Å². The molecule has 0 aliphatic carbocycles. The van der Waals surface area contributed by atoms with Gasteiger partial charge in [0.05, 0.1) is 36.9 Å². The van der Waals surface area contributed by atoms with Gasteiger partial charge in [-0.2, -0.15) is 9.40 Å². The minimum Gasteiger partial charge on any atom is -0.377 e. The summed E-state index contributed by atoms with van der Waals surface area (Å²) in [5, 5.41) is 8.07. The molecule has 0 spiro atoms. The molecule has 0 aromatic carbocycles. The predicted octanol–water partition coefficient (Wildman–Crippen LogP) is 1.33. The smallest absolute Gasteiger partial charge is 0.211 e. The van der Waals surface area contributed by atoms with Crippen LogP contribution in [0.5, 0.6) is 0 Å². The third-order valence-electron chi connectivity index (χ3n) is 6.16. The van der Waals surface area contributed by atoms with Gasteiger partial charge >= 0.3 is 0 Å². The molecule has 2 aliphatic heterocycles. The molecule has 2 saturated heterocycles. The van der Waals surface area contributed by atoms with Gasteiger partial charge < -0.3 is 14.5 Å². The number of hydrogen-bond donors (Lipinski definition) is 1. The highest BCUT2D eigenvalue weighted by molar-refractivity contribution is 7.88. The van der Waals surface area contributed by atoms with E-state index in [0.29, 0.717) is 39.4 Å². The van der Waals surface area contributed by atoms with Crippen LogP contribution in [0.15, 0.2) is 30.6 Å². The van der Waals surface area contributed by atoms with E-state index in [1.54, 1.807) is 12.4 Å². The summed E-state index contributed by atoms with van der Waals surface area (Å²) < 4.78 is 31.1. The van der Waals surface area contributed by atoms with Crippen LogP contribution >= 0.6 is 0 Å². The van der Waals surface area contributed by atoms with Crippen molar-refractivity contribution in [2.45, 2.75) is 13.0 Å². The number of nitrogens with zero attached hydrogens (tertiary/aromatic N) is 6. The SMILES string of the molecule is CC1COCCN1c1cc(N2CCN(S(C)(=O)=O)CC2)c2ccnc(-c3ccn[nH]3)c2n1. The van der Waals surface area contributed by atoms with Gasteiger partial charge in [-0.15, -0.1) is 0 Å². The molecule has 5 rings (SSSR count). The Balaban J connectivity index is 1.62. The van der Waals surface area contributed by atoms with E-state index in [-0.39, 0.29) is 6.04 Å². The zero-order valence-electron chi connectivity index (χ0n) is 18.2. The summed E-state index contributed by atoms with van der Waals surface area (Å²) >= 11 is 0. The van der Waals surface area contributed by atoms with E-state index >= 15 is 0 Å². The number of piperazine rings is 1. The van der Waals surface area contributed by atoms with Gasteiger partial charge in [-0.05, 0) is 19.1 Å². The van der Waals surface area contributed by atoms with Crippen molar-refractivity contribution in [2.24, 2.45) is 0 Å². The second-order valence-corrected chi connectivity index (χ2v) is 10.3. The molecule has 1 atom stereocenters. The number of aromatic amines is 1. The van der Waals surface area contributed by atoms with Gasteiger partial charge in [0.15, 0.2) is 0 Å². The quantitative estimate of drug-likeness (QED) is 0.625. The molecular formula is C21H27N7O3S. The fourth-order valence-corrected chi connectivity index (χ4v) is 5.27. The number of pyridine rings is 2. The maximum absolute atomic E-state index is 12.0. The topological polar surface area (TPSA) is 108 Å². The lowest BCUT2D eigenvalue weighted by Crippen LogP contribution is -2.48. The normalized spacial score (nSPS) is 20.8. The predicted molar refractivity (Wildman–Crippen MR) is 123 cm³/mol. The molecule has 2 fully saturated rings. The van der Waals surface area contributed by atoms with Crippen molar-refractivity contribution in [3.8, 4) is 11.4 Å². The van der Waals surface area contributed by atoms with Gasteiger partial charge in [-0.3, -0.25) is 10.1 Å². The minimum absolute atomic E-state index is 0.205. The number of rotatable bonds is 4. The van der Waals surface area contributed by atoms with E-state index in [9.17, 15) is 8.42 Å². The Morgan fingerprint density at radius 1 is 1.12 bits per heavy atom. The number of H-pyrrole nitrogens is 1. The molecule has 11 heteroatoms. The van der Waals surface area contributed by atoms with E-state index in [4.69, 9.17) is 9.72 Å². The van der Waals surface area contributed by atoms with Crippen molar-refractivity contribution >= 4 is 32.4 Å². The number of aromatic nitrogens is 4. The van der Waals surface area contributed by atoms with E-state index < -0.39 is 10.0 Å². The zero-order chi connectivity index (χ0) is 22.3. The summed E-state index contributed by atoms with van der Waals surface area (Å²) in [4.78, 5) is 14.2. The first-order valence-corrected chi connectivity index (χ1v) is 12.6. The molecule has 3 aromatic heterocycles. The lowest BCUT2D eigenvalue weighted by atomic mass is 10.1. The Bertz CT molecular complexity index is 1210.